The summed E-state index contributed by atoms with van der Waals surface area (Å²) in [6, 6.07) is 5.38. The molecule has 0 saturated carbocycles. The molecule has 0 aliphatic carbocycles. The smallest absolute Gasteiger partial charge is 0.347 e. The van der Waals surface area contributed by atoms with Crippen molar-refractivity contribution in [2.75, 3.05) is 0 Å². The first-order valence-electron chi connectivity index (χ1n) is 6.52. The van der Waals surface area contributed by atoms with Crippen LogP contribution in [0.1, 0.15) is 59.4 Å². The van der Waals surface area contributed by atoms with E-state index in [2.05, 4.69) is 18.6 Å². The zero-order valence-electron chi connectivity index (χ0n) is 10.9. The van der Waals surface area contributed by atoms with Crippen molar-refractivity contribution in [3.63, 3.8) is 0 Å². The van der Waals surface area contributed by atoms with E-state index in [0.717, 1.165) is 24.8 Å². The highest BCUT2D eigenvalue weighted by molar-refractivity contribution is 6.15. The first-order chi connectivity index (χ1) is 8.63. The molecule has 0 bridgehead atoms. The maximum Gasteiger partial charge on any atom is 0.347 e. The molecule has 0 saturated heterocycles. The minimum Gasteiger partial charge on any atom is -0.386 e. The van der Waals surface area contributed by atoms with Crippen LogP contribution in [0, 0.1) is 5.92 Å². The summed E-state index contributed by atoms with van der Waals surface area (Å²) in [4.78, 5) is 23.0. The summed E-state index contributed by atoms with van der Waals surface area (Å²) in [5.74, 6) is -0.303. The summed E-state index contributed by atoms with van der Waals surface area (Å²) in [6.45, 7) is 4.41. The van der Waals surface area contributed by atoms with Gasteiger partial charge in [-0.1, -0.05) is 38.8 Å². The summed E-state index contributed by atoms with van der Waals surface area (Å²) in [7, 11) is 0. The molecule has 1 heterocycles. The zero-order valence-corrected chi connectivity index (χ0v) is 10.9. The Hall–Kier alpha value is -1.64. The van der Waals surface area contributed by atoms with Crippen molar-refractivity contribution >= 4 is 11.9 Å². The molecule has 2 rings (SSSR count). The number of aryl methyl sites for hydroxylation is 1. The second kappa shape index (κ2) is 5.34. The lowest BCUT2D eigenvalue weighted by atomic mass is 9.95. The first-order valence-corrected chi connectivity index (χ1v) is 6.52. The fraction of sp³-hybridized carbons (Fsp3) is 0.467. The second-order valence-electron chi connectivity index (χ2n) is 4.92. The van der Waals surface area contributed by atoms with Crippen LogP contribution in [0.25, 0.3) is 0 Å². The van der Waals surface area contributed by atoms with Gasteiger partial charge in [-0.15, -0.1) is 0 Å². The molecule has 1 aliphatic heterocycles. The Balaban J connectivity index is 2.11. The van der Waals surface area contributed by atoms with E-state index in [1.165, 1.54) is 6.42 Å². The maximum absolute atomic E-state index is 11.6. The standard InChI is InChI=1S/C15H18O3/c1-3-10(2)6-4-7-11-8-5-9-12-13(11)15(17)18-14(12)16/h5,8-10H,3-4,6-7H2,1-2H3. The van der Waals surface area contributed by atoms with Crippen LogP contribution in [0.15, 0.2) is 18.2 Å². The van der Waals surface area contributed by atoms with E-state index in [1.54, 1.807) is 6.07 Å². The molecule has 0 amide bonds. The summed E-state index contributed by atoms with van der Waals surface area (Å²) in [5, 5.41) is 0. The Morgan fingerprint density at radius 3 is 2.72 bits per heavy atom. The van der Waals surface area contributed by atoms with Crippen LogP contribution in [0.2, 0.25) is 0 Å². The molecule has 96 valence electrons. The van der Waals surface area contributed by atoms with Gasteiger partial charge in [0.05, 0.1) is 11.1 Å². The van der Waals surface area contributed by atoms with Crippen LogP contribution in [-0.2, 0) is 11.2 Å². The van der Waals surface area contributed by atoms with Crippen molar-refractivity contribution in [3.05, 3.63) is 34.9 Å². The minimum atomic E-state index is -0.515. The molecular formula is C15H18O3. The normalized spacial score (nSPS) is 15.4. The number of rotatable bonds is 5. The Morgan fingerprint density at radius 1 is 1.22 bits per heavy atom. The highest BCUT2D eigenvalue weighted by Crippen LogP contribution is 2.25. The summed E-state index contributed by atoms with van der Waals surface area (Å²) in [6.07, 6.45) is 4.18. The lowest BCUT2D eigenvalue weighted by Crippen LogP contribution is -2.02. The fourth-order valence-corrected chi connectivity index (χ4v) is 2.25. The van der Waals surface area contributed by atoms with Crippen molar-refractivity contribution in [3.8, 4) is 0 Å². The minimum absolute atomic E-state index is 0.418. The van der Waals surface area contributed by atoms with Gasteiger partial charge in [0.2, 0.25) is 0 Å². The quantitative estimate of drug-likeness (QED) is 0.591. The fourth-order valence-electron chi connectivity index (χ4n) is 2.25. The van der Waals surface area contributed by atoms with Gasteiger partial charge in [-0.3, -0.25) is 0 Å². The molecule has 3 nitrogen and oxygen atoms in total. The average Bonchev–Trinajstić information content (AvgIpc) is 2.66. The number of hydrogen-bond donors (Lipinski definition) is 0. The molecule has 1 atom stereocenters. The number of fused-ring (bicyclic) bond motifs is 1. The molecular weight excluding hydrogens is 228 g/mol. The van der Waals surface area contributed by atoms with Gasteiger partial charge in [0.1, 0.15) is 0 Å². The van der Waals surface area contributed by atoms with Crippen LogP contribution >= 0.6 is 0 Å². The van der Waals surface area contributed by atoms with E-state index < -0.39 is 11.9 Å². The van der Waals surface area contributed by atoms with Crippen LogP contribution in [0.4, 0.5) is 0 Å². The first kappa shape index (κ1) is 12.8. The van der Waals surface area contributed by atoms with Gasteiger partial charge in [-0.25, -0.2) is 9.59 Å². The Kier molecular flexibility index (Phi) is 3.80. The molecule has 0 aromatic heterocycles. The highest BCUT2D eigenvalue weighted by Gasteiger charge is 2.31. The maximum atomic E-state index is 11.6. The number of carbonyl (C=O) groups excluding carboxylic acids is 2. The Morgan fingerprint density at radius 2 is 2.00 bits per heavy atom. The summed E-state index contributed by atoms with van der Waals surface area (Å²) < 4.78 is 4.64. The monoisotopic (exact) mass is 246 g/mol. The van der Waals surface area contributed by atoms with Crippen LogP contribution < -0.4 is 0 Å². The van der Waals surface area contributed by atoms with Gasteiger partial charge < -0.3 is 4.74 Å². The van der Waals surface area contributed by atoms with Crippen molar-refractivity contribution in [1.29, 1.82) is 0 Å². The zero-order chi connectivity index (χ0) is 13.1. The lowest BCUT2D eigenvalue weighted by molar-refractivity contribution is 0.0443. The number of benzene rings is 1. The lowest BCUT2D eigenvalue weighted by Gasteiger charge is -2.08. The molecule has 0 N–H and O–H groups in total. The van der Waals surface area contributed by atoms with Crippen molar-refractivity contribution in [1.82, 2.24) is 0 Å². The number of ether oxygens (including phenoxy) is 1. The largest absolute Gasteiger partial charge is 0.386 e. The van der Waals surface area contributed by atoms with Crippen LogP contribution in [0.3, 0.4) is 0 Å². The highest BCUT2D eigenvalue weighted by atomic mass is 16.6. The number of cyclic esters (lactones) is 2. The molecule has 1 aliphatic rings. The van der Waals surface area contributed by atoms with Gasteiger partial charge in [0.25, 0.3) is 0 Å². The molecule has 1 unspecified atom stereocenters. The van der Waals surface area contributed by atoms with E-state index >= 15 is 0 Å². The third-order valence-corrected chi connectivity index (χ3v) is 3.60. The number of carbonyl (C=O) groups is 2. The predicted octanol–water partition coefficient (Wildman–Crippen LogP) is 3.37. The van der Waals surface area contributed by atoms with E-state index in [-0.39, 0.29) is 0 Å². The SMILES string of the molecule is CCC(C)CCCc1cccc2c1C(=O)OC2=O. The third kappa shape index (κ3) is 2.45. The number of esters is 2. The summed E-state index contributed by atoms with van der Waals surface area (Å²) in [5.41, 5.74) is 1.83. The summed E-state index contributed by atoms with van der Waals surface area (Å²) >= 11 is 0. The molecule has 3 heteroatoms. The van der Waals surface area contributed by atoms with Crippen molar-refractivity contribution in [2.45, 2.75) is 39.5 Å². The van der Waals surface area contributed by atoms with Crippen LogP contribution in [-0.4, -0.2) is 11.9 Å². The predicted molar refractivity (Wildman–Crippen MR) is 68.6 cm³/mol. The third-order valence-electron chi connectivity index (χ3n) is 3.60. The second-order valence-corrected chi connectivity index (χ2v) is 4.92. The van der Waals surface area contributed by atoms with Gasteiger partial charge in [0, 0.05) is 0 Å². The molecule has 0 fully saturated rings. The van der Waals surface area contributed by atoms with E-state index in [9.17, 15) is 9.59 Å². The average molecular weight is 246 g/mol. The Bertz CT molecular complexity index is 477. The van der Waals surface area contributed by atoms with Gasteiger partial charge >= 0.3 is 11.9 Å². The topological polar surface area (TPSA) is 43.4 Å². The van der Waals surface area contributed by atoms with Gasteiger partial charge in [-0.05, 0) is 30.4 Å². The van der Waals surface area contributed by atoms with Gasteiger partial charge in [-0.2, -0.15) is 0 Å². The molecule has 1 aromatic carbocycles. The molecule has 1 aromatic rings. The van der Waals surface area contributed by atoms with E-state index in [4.69, 9.17) is 0 Å². The van der Waals surface area contributed by atoms with E-state index in [0.29, 0.717) is 17.0 Å². The van der Waals surface area contributed by atoms with Crippen molar-refractivity contribution in [2.24, 2.45) is 5.92 Å². The molecule has 0 radical (unpaired) electrons. The van der Waals surface area contributed by atoms with Crippen molar-refractivity contribution < 1.29 is 14.3 Å². The van der Waals surface area contributed by atoms with Gasteiger partial charge in [0.15, 0.2) is 0 Å². The van der Waals surface area contributed by atoms with Crippen LogP contribution in [0.5, 0.6) is 0 Å². The Labute approximate surface area is 107 Å². The number of hydrogen-bond acceptors (Lipinski definition) is 3. The van der Waals surface area contributed by atoms with E-state index in [1.807, 2.05) is 12.1 Å². The molecule has 18 heavy (non-hydrogen) atoms. The molecule has 0 spiro atoms.